The number of nitrogens with zero attached hydrogens (tertiary/aromatic N) is 3. The van der Waals surface area contributed by atoms with Gasteiger partial charge in [-0.1, -0.05) is 0 Å². The summed E-state index contributed by atoms with van der Waals surface area (Å²) >= 11 is 0. The van der Waals surface area contributed by atoms with Gasteiger partial charge in [0.25, 0.3) is 0 Å². The molecular formula is C10H19ClN4O. The summed E-state index contributed by atoms with van der Waals surface area (Å²) in [5.41, 5.74) is 6.83. The zero-order chi connectivity index (χ0) is 10.7. The standard InChI is InChI=1S/C10H18N4O.ClH/c1-13-8-12-5-9(13)6-14-2-3-15-10(4-11)7-14;/h5,8,10H,2-4,6-7,11H2,1H3;1H. The van der Waals surface area contributed by atoms with E-state index >= 15 is 0 Å². The molecule has 5 nitrogen and oxygen atoms in total. The average molecular weight is 247 g/mol. The molecule has 1 unspecified atom stereocenters. The van der Waals surface area contributed by atoms with Crippen molar-refractivity contribution in [1.82, 2.24) is 14.5 Å². The molecule has 1 aromatic rings. The number of ether oxygens (including phenoxy) is 1. The lowest BCUT2D eigenvalue weighted by atomic mass is 10.2. The molecule has 1 aromatic heterocycles. The van der Waals surface area contributed by atoms with Crippen molar-refractivity contribution in [2.24, 2.45) is 12.8 Å². The topological polar surface area (TPSA) is 56.3 Å². The smallest absolute Gasteiger partial charge is 0.0945 e. The van der Waals surface area contributed by atoms with E-state index in [-0.39, 0.29) is 18.5 Å². The molecule has 0 aliphatic carbocycles. The van der Waals surface area contributed by atoms with Gasteiger partial charge in [-0.3, -0.25) is 4.90 Å². The van der Waals surface area contributed by atoms with Crippen LogP contribution in [-0.4, -0.2) is 46.8 Å². The lowest BCUT2D eigenvalue weighted by molar-refractivity contribution is -0.0266. The monoisotopic (exact) mass is 246 g/mol. The number of hydrogen-bond acceptors (Lipinski definition) is 4. The summed E-state index contributed by atoms with van der Waals surface area (Å²) in [6.45, 7) is 4.20. The van der Waals surface area contributed by atoms with Gasteiger partial charge >= 0.3 is 0 Å². The van der Waals surface area contributed by atoms with Gasteiger partial charge in [0.05, 0.1) is 24.7 Å². The van der Waals surface area contributed by atoms with Crippen molar-refractivity contribution in [2.75, 3.05) is 26.2 Å². The van der Waals surface area contributed by atoms with E-state index in [9.17, 15) is 0 Å². The summed E-state index contributed by atoms with van der Waals surface area (Å²) in [6, 6.07) is 0. The van der Waals surface area contributed by atoms with Crippen LogP contribution in [0.3, 0.4) is 0 Å². The van der Waals surface area contributed by atoms with Crippen LogP contribution < -0.4 is 5.73 Å². The fraction of sp³-hybridized carbons (Fsp3) is 0.700. The van der Waals surface area contributed by atoms with Crippen molar-refractivity contribution in [3.05, 3.63) is 18.2 Å². The van der Waals surface area contributed by atoms with Crippen LogP contribution in [0.4, 0.5) is 0 Å². The minimum absolute atomic E-state index is 0. The Kier molecular flexibility index (Phi) is 5.21. The third-order valence-corrected chi connectivity index (χ3v) is 2.79. The Morgan fingerprint density at radius 3 is 3.06 bits per heavy atom. The third kappa shape index (κ3) is 3.18. The minimum atomic E-state index is 0. The van der Waals surface area contributed by atoms with Crippen LogP contribution in [0.15, 0.2) is 12.5 Å². The van der Waals surface area contributed by atoms with Crippen LogP contribution in [0.1, 0.15) is 5.69 Å². The first kappa shape index (κ1) is 13.4. The number of aryl methyl sites for hydroxylation is 1. The number of nitrogens with two attached hydrogens (primary N) is 1. The zero-order valence-corrected chi connectivity index (χ0v) is 10.3. The van der Waals surface area contributed by atoms with Crippen LogP contribution in [-0.2, 0) is 18.3 Å². The van der Waals surface area contributed by atoms with Gasteiger partial charge in [0, 0.05) is 39.4 Å². The van der Waals surface area contributed by atoms with E-state index in [4.69, 9.17) is 10.5 Å². The molecule has 1 atom stereocenters. The van der Waals surface area contributed by atoms with Gasteiger partial charge in [-0.25, -0.2) is 4.98 Å². The summed E-state index contributed by atoms with van der Waals surface area (Å²) in [5, 5.41) is 0. The van der Waals surface area contributed by atoms with E-state index in [2.05, 4.69) is 9.88 Å². The fourth-order valence-corrected chi connectivity index (χ4v) is 1.83. The van der Waals surface area contributed by atoms with E-state index < -0.39 is 0 Å². The van der Waals surface area contributed by atoms with Crippen molar-refractivity contribution in [3.8, 4) is 0 Å². The molecule has 92 valence electrons. The Hall–Kier alpha value is -0.620. The molecule has 0 aromatic carbocycles. The fourth-order valence-electron chi connectivity index (χ4n) is 1.83. The summed E-state index contributed by atoms with van der Waals surface area (Å²) in [7, 11) is 2.02. The Balaban J connectivity index is 0.00000128. The van der Waals surface area contributed by atoms with Crippen molar-refractivity contribution in [3.63, 3.8) is 0 Å². The van der Waals surface area contributed by atoms with Gasteiger partial charge in [0.15, 0.2) is 0 Å². The number of morpholine rings is 1. The molecule has 0 spiro atoms. The molecule has 6 heteroatoms. The van der Waals surface area contributed by atoms with Crippen LogP contribution in [0.2, 0.25) is 0 Å². The first-order valence-corrected chi connectivity index (χ1v) is 5.29. The number of aromatic nitrogens is 2. The molecule has 1 saturated heterocycles. The van der Waals surface area contributed by atoms with Crippen LogP contribution in [0.5, 0.6) is 0 Å². The first-order valence-electron chi connectivity index (χ1n) is 5.29. The van der Waals surface area contributed by atoms with Crippen molar-refractivity contribution in [1.29, 1.82) is 0 Å². The minimum Gasteiger partial charge on any atom is -0.374 e. The van der Waals surface area contributed by atoms with E-state index in [0.717, 1.165) is 26.2 Å². The molecule has 2 heterocycles. The first-order chi connectivity index (χ1) is 7.29. The maximum absolute atomic E-state index is 5.60. The predicted octanol–water partition coefficient (Wildman–Crippen LogP) is 0.00140. The summed E-state index contributed by atoms with van der Waals surface area (Å²) in [6.07, 6.45) is 3.93. The molecule has 0 amide bonds. The number of halogens is 1. The quantitative estimate of drug-likeness (QED) is 0.816. The number of imidazole rings is 1. The van der Waals surface area contributed by atoms with Crippen molar-refractivity contribution in [2.45, 2.75) is 12.6 Å². The Morgan fingerprint density at radius 2 is 2.44 bits per heavy atom. The maximum Gasteiger partial charge on any atom is 0.0945 e. The van der Waals surface area contributed by atoms with Gasteiger partial charge in [-0.15, -0.1) is 12.4 Å². The second-order valence-electron chi connectivity index (χ2n) is 3.96. The van der Waals surface area contributed by atoms with Crippen molar-refractivity contribution < 1.29 is 4.74 Å². The lowest BCUT2D eigenvalue weighted by Crippen LogP contribution is -2.45. The SMILES string of the molecule is Cl.Cn1cncc1CN1CCOC(CN)C1. The van der Waals surface area contributed by atoms with E-state index in [0.29, 0.717) is 6.54 Å². The van der Waals surface area contributed by atoms with E-state index in [1.807, 2.05) is 24.1 Å². The second-order valence-corrected chi connectivity index (χ2v) is 3.96. The highest BCUT2D eigenvalue weighted by atomic mass is 35.5. The van der Waals surface area contributed by atoms with E-state index in [1.165, 1.54) is 5.69 Å². The molecule has 1 aliphatic heterocycles. The maximum atomic E-state index is 5.60. The highest BCUT2D eigenvalue weighted by molar-refractivity contribution is 5.85. The predicted molar refractivity (Wildman–Crippen MR) is 64.5 cm³/mol. The van der Waals surface area contributed by atoms with Crippen LogP contribution in [0.25, 0.3) is 0 Å². The van der Waals surface area contributed by atoms with Gasteiger partial charge in [0.2, 0.25) is 0 Å². The molecule has 0 radical (unpaired) electrons. The molecule has 2 N–H and O–H groups in total. The van der Waals surface area contributed by atoms with Gasteiger partial charge in [-0.05, 0) is 0 Å². The van der Waals surface area contributed by atoms with Crippen molar-refractivity contribution >= 4 is 12.4 Å². The lowest BCUT2D eigenvalue weighted by Gasteiger charge is -2.32. The normalized spacial score (nSPS) is 21.8. The average Bonchev–Trinajstić information content (AvgIpc) is 2.65. The Morgan fingerprint density at radius 1 is 1.62 bits per heavy atom. The summed E-state index contributed by atoms with van der Waals surface area (Å²) in [5.74, 6) is 0. The number of hydrogen-bond donors (Lipinski definition) is 1. The van der Waals surface area contributed by atoms with E-state index in [1.54, 1.807) is 0 Å². The molecular weight excluding hydrogens is 228 g/mol. The molecule has 0 bridgehead atoms. The second kappa shape index (κ2) is 6.20. The van der Waals surface area contributed by atoms with Crippen LogP contribution in [0, 0.1) is 0 Å². The number of rotatable bonds is 3. The molecule has 1 fully saturated rings. The summed E-state index contributed by atoms with van der Waals surface area (Å²) < 4.78 is 7.57. The Labute approximate surface area is 102 Å². The van der Waals surface area contributed by atoms with Gasteiger partial charge in [-0.2, -0.15) is 0 Å². The highest BCUT2D eigenvalue weighted by Gasteiger charge is 2.19. The van der Waals surface area contributed by atoms with Gasteiger partial charge in [0.1, 0.15) is 0 Å². The molecule has 16 heavy (non-hydrogen) atoms. The third-order valence-electron chi connectivity index (χ3n) is 2.79. The van der Waals surface area contributed by atoms with Crippen LogP contribution >= 0.6 is 12.4 Å². The highest BCUT2D eigenvalue weighted by Crippen LogP contribution is 2.08. The zero-order valence-electron chi connectivity index (χ0n) is 9.50. The molecule has 1 aliphatic rings. The molecule has 2 rings (SSSR count). The molecule has 0 saturated carbocycles. The van der Waals surface area contributed by atoms with Gasteiger partial charge < -0.3 is 15.0 Å². The Bertz CT molecular complexity index is 318. The summed E-state index contributed by atoms with van der Waals surface area (Å²) in [4.78, 5) is 6.47. The largest absolute Gasteiger partial charge is 0.374 e.